The Bertz CT molecular complexity index is 438. The zero-order valence-electron chi connectivity index (χ0n) is 10.8. The molecule has 0 spiro atoms. The second-order valence-electron chi connectivity index (χ2n) is 5.14. The zero-order valence-corrected chi connectivity index (χ0v) is 10.8. The molecule has 17 heavy (non-hydrogen) atoms. The van der Waals surface area contributed by atoms with Crippen molar-refractivity contribution in [3.05, 3.63) is 29.3 Å². The smallest absolute Gasteiger partial charge is 0.234 e. The summed E-state index contributed by atoms with van der Waals surface area (Å²) in [4.78, 5) is 11.8. The van der Waals surface area contributed by atoms with Gasteiger partial charge in [0.25, 0.3) is 0 Å². The highest BCUT2D eigenvalue weighted by Crippen LogP contribution is 2.37. The van der Waals surface area contributed by atoms with Gasteiger partial charge in [0.1, 0.15) is 0 Å². The molecule has 0 aromatic heterocycles. The minimum absolute atomic E-state index is 0.0890. The van der Waals surface area contributed by atoms with Gasteiger partial charge in [-0.15, -0.1) is 0 Å². The van der Waals surface area contributed by atoms with Crippen molar-refractivity contribution in [2.45, 2.75) is 39.2 Å². The van der Waals surface area contributed by atoms with E-state index in [1.165, 1.54) is 5.56 Å². The third-order valence-corrected chi connectivity index (χ3v) is 3.33. The van der Waals surface area contributed by atoms with Crippen LogP contribution in [0, 0.1) is 0 Å². The van der Waals surface area contributed by atoms with Gasteiger partial charge in [0.2, 0.25) is 5.91 Å². The molecule has 3 heteroatoms. The van der Waals surface area contributed by atoms with Crippen LogP contribution in [0.4, 0.5) is 5.69 Å². The van der Waals surface area contributed by atoms with E-state index in [-0.39, 0.29) is 5.91 Å². The Morgan fingerprint density at radius 1 is 1.35 bits per heavy atom. The molecule has 0 saturated carbocycles. The molecule has 3 nitrogen and oxygen atoms in total. The summed E-state index contributed by atoms with van der Waals surface area (Å²) in [6.45, 7) is 7.99. The number of nitrogens with one attached hydrogen (secondary N) is 2. The zero-order chi connectivity index (χ0) is 12.5. The molecule has 1 aliphatic rings. The summed E-state index contributed by atoms with van der Waals surface area (Å²) >= 11 is 0. The third-order valence-electron chi connectivity index (χ3n) is 3.33. The molecule has 0 bridgehead atoms. The van der Waals surface area contributed by atoms with Crippen LogP contribution in [0.3, 0.4) is 0 Å². The lowest BCUT2D eigenvalue weighted by atomic mass is 9.85. The number of benzene rings is 1. The van der Waals surface area contributed by atoms with Gasteiger partial charge < -0.3 is 10.6 Å². The van der Waals surface area contributed by atoms with Crippen molar-refractivity contribution in [1.29, 1.82) is 0 Å². The van der Waals surface area contributed by atoms with E-state index in [0.717, 1.165) is 30.8 Å². The SMILES string of the molecule is CCCNCc1ccc2c(c1)C(C)(C)C(=O)N2. The van der Waals surface area contributed by atoms with Gasteiger partial charge in [-0.3, -0.25) is 4.79 Å². The fourth-order valence-corrected chi connectivity index (χ4v) is 2.14. The van der Waals surface area contributed by atoms with Crippen molar-refractivity contribution in [3.63, 3.8) is 0 Å². The lowest BCUT2D eigenvalue weighted by molar-refractivity contribution is -0.119. The maximum absolute atomic E-state index is 11.8. The molecule has 0 unspecified atom stereocenters. The van der Waals surface area contributed by atoms with E-state index in [9.17, 15) is 4.79 Å². The first kappa shape index (κ1) is 12.1. The number of rotatable bonds is 4. The Morgan fingerprint density at radius 2 is 2.12 bits per heavy atom. The molecule has 1 heterocycles. The first-order valence-electron chi connectivity index (χ1n) is 6.21. The molecule has 0 radical (unpaired) electrons. The number of carbonyl (C=O) groups excluding carboxylic acids is 1. The van der Waals surface area contributed by atoms with E-state index in [2.05, 4.69) is 29.7 Å². The summed E-state index contributed by atoms with van der Waals surface area (Å²) in [7, 11) is 0. The summed E-state index contributed by atoms with van der Waals surface area (Å²) < 4.78 is 0. The second kappa shape index (κ2) is 4.49. The second-order valence-corrected chi connectivity index (χ2v) is 5.14. The number of amides is 1. The molecule has 1 aromatic carbocycles. The number of anilines is 1. The van der Waals surface area contributed by atoms with Gasteiger partial charge in [0, 0.05) is 12.2 Å². The molecule has 0 saturated heterocycles. The van der Waals surface area contributed by atoms with Crippen LogP contribution >= 0.6 is 0 Å². The van der Waals surface area contributed by atoms with Gasteiger partial charge in [-0.2, -0.15) is 0 Å². The highest BCUT2D eigenvalue weighted by Gasteiger charge is 2.38. The standard InChI is InChI=1S/C14H20N2O/c1-4-7-15-9-10-5-6-12-11(8-10)14(2,3)13(17)16-12/h5-6,8,15H,4,7,9H2,1-3H3,(H,16,17). The topological polar surface area (TPSA) is 41.1 Å². The van der Waals surface area contributed by atoms with Crippen molar-refractivity contribution in [2.24, 2.45) is 0 Å². The molecule has 2 rings (SSSR count). The van der Waals surface area contributed by atoms with Crippen molar-refractivity contribution in [1.82, 2.24) is 5.32 Å². The molecule has 0 fully saturated rings. The number of hydrogen-bond donors (Lipinski definition) is 2. The Hall–Kier alpha value is -1.35. The highest BCUT2D eigenvalue weighted by molar-refractivity contribution is 6.05. The molecular formula is C14H20N2O. The van der Waals surface area contributed by atoms with Crippen LogP contribution in [0.2, 0.25) is 0 Å². The molecule has 1 aliphatic heterocycles. The Morgan fingerprint density at radius 3 is 2.82 bits per heavy atom. The van der Waals surface area contributed by atoms with Crippen molar-refractivity contribution >= 4 is 11.6 Å². The predicted octanol–water partition coefficient (Wildman–Crippen LogP) is 2.42. The van der Waals surface area contributed by atoms with E-state index in [0.29, 0.717) is 0 Å². The number of hydrogen-bond acceptors (Lipinski definition) is 2. The summed E-state index contributed by atoms with van der Waals surface area (Å²) in [5.74, 6) is 0.0890. The summed E-state index contributed by atoms with van der Waals surface area (Å²) in [6.07, 6.45) is 1.14. The lowest BCUT2D eigenvalue weighted by Gasteiger charge is -2.16. The van der Waals surface area contributed by atoms with Gasteiger partial charge in [-0.05, 0) is 44.0 Å². The average Bonchev–Trinajstić information content (AvgIpc) is 2.51. The molecule has 92 valence electrons. The summed E-state index contributed by atoms with van der Waals surface area (Å²) in [5.41, 5.74) is 2.90. The summed E-state index contributed by atoms with van der Waals surface area (Å²) in [5, 5.41) is 6.30. The maximum atomic E-state index is 11.8. The lowest BCUT2D eigenvalue weighted by Crippen LogP contribution is -2.27. The van der Waals surface area contributed by atoms with E-state index in [4.69, 9.17) is 0 Å². The quantitative estimate of drug-likeness (QED) is 0.783. The van der Waals surface area contributed by atoms with E-state index in [1.807, 2.05) is 19.9 Å². The van der Waals surface area contributed by atoms with Crippen LogP contribution in [0.5, 0.6) is 0 Å². The van der Waals surface area contributed by atoms with E-state index >= 15 is 0 Å². The molecular weight excluding hydrogens is 212 g/mol. The van der Waals surface area contributed by atoms with Gasteiger partial charge >= 0.3 is 0 Å². The Kier molecular flexibility index (Phi) is 3.20. The minimum atomic E-state index is -0.407. The van der Waals surface area contributed by atoms with Crippen LogP contribution < -0.4 is 10.6 Å². The average molecular weight is 232 g/mol. The fraction of sp³-hybridized carbons (Fsp3) is 0.500. The Balaban J connectivity index is 2.20. The van der Waals surface area contributed by atoms with Gasteiger partial charge in [0.05, 0.1) is 5.41 Å². The highest BCUT2D eigenvalue weighted by atomic mass is 16.2. The maximum Gasteiger partial charge on any atom is 0.234 e. The van der Waals surface area contributed by atoms with Crippen LogP contribution in [0.15, 0.2) is 18.2 Å². The fourth-order valence-electron chi connectivity index (χ4n) is 2.14. The Labute approximate surface area is 103 Å². The number of carbonyl (C=O) groups is 1. The third kappa shape index (κ3) is 2.20. The first-order valence-corrected chi connectivity index (χ1v) is 6.21. The number of fused-ring (bicyclic) bond motifs is 1. The molecule has 2 N–H and O–H groups in total. The molecule has 1 amide bonds. The largest absolute Gasteiger partial charge is 0.325 e. The normalized spacial score (nSPS) is 16.8. The molecule has 0 atom stereocenters. The minimum Gasteiger partial charge on any atom is -0.325 e. The van der Waals surface area contributed by atoms with Crippen molar-refractivity contribution in [3.8, 4) is 0 Å². The van der Waals surface area contributed by atoms with Crippen molar-refractivity contribution < 1.29 is 4.79 Å². The van der Waals surface area contributed by atoms with Crippen LogP contribution in [-0.2, 0) is 16.8 Å². The van der Waals surface area contributed by atoms with Crippen LogP contribution in [0.1, 0.15) is 38.3 Å². The van der Waals surface area contributed by atoms with E-state index < -0.39 is 5.41 Å². The van der Waals surface area contributed by atoms with E-state index in [1.54, 1.807) is 0 Å². The first-order chi connectivity index (χ1) is 8.05. The van der Waals surface area contributed by atoms with Crippen molar-refractivity contribution in [2.75, 3.05) is 11.9 Å². The monoisotopic (exact) mass is 232 g/mol. The molecule has 0 aliphatic carbocycles. The molecule has 1 aromatic rings. The predicted molar refractivity (Wildman–Crippen MR) is 70.1 cm³/mol. The van der Waals surface area contributed by atoms with Crippen LogP contribution in [0.25, 0.3) is 0 Å². The summed E-state index contributed by atoms with van der Waals surface area (Å²) in [6, 6.07) is 6.21. The van der Waals surface area contributed by atoms with Gasteiger partial charge in [-0.1, -0.05) is 19.1 Å². The van der Waals surface area contributed by atoms with Crippen LogP contribution in [-0.4, -0.2) is 12.5 Å². The van der Waals surface area contributed by atoms with Gasteiger partial charge in [-0.25, -0.2) is 0 Å². The van der Waals surface area contributed by atoms with Gasteiger partial charge in [0.15, 0.2) is 0 Å².